The van der Waals surface area contributed by atoms with Crippen LogP contribution in [0.1, 0.15) is 52.5 Å². The van der Waals surface area contributed by atoms with E-state index in [1.54, 1.807) is 28.9 Å². The molecule has 9 nitrogen and oxygen atoms in total. The van der Waals surface area contributed by atoms with E-state index in [1.165, 1.54) is 19.0 Å². The number of likely N-dealkylation sites (tertiary alicyclic amines) is 1. The second-order valence-electron chi connectivity index (χ2n) is 11.4. The van der Waals surface area contributed by atoms with E-state index in [4.69, 9.17) is 4.74 Å². The molecule has 5 heterocycles. The largest absolute Gasteiger partial charge is 0.361 e. The lowest BCUT2D eigenvalue weighted by Crippen LogP contribution is -2.23. The minimum atomic E-state index is -1.19. The van der Waals surface area contributed by atoms with Crippen molar-refractivity contribution in [2.75, 3.05) is 25.5 Å². The second kappa shape index (κ2) is 10.4. The van der Waals surface area contributed by atoms with Crippen molar-refractivity contribution in [2.24, 2.45) is 0 Å². The zero-order valence-corrected chi connectivity index (χ0v) is 23.8. The molecule has 0 aromatic carbocycles. The number of rotatable bonds is 9. The molecule has 1 amide bonds. The summed E-state index contributed by atoms with van der Waals surface area (Å²) in [6.07, 6.45) is 7.39. The van der Waals surface area contributed by atoms with Crippen molar-refractivity contribution < 1.29 is 14.3 Å². The molecule has 0 unspecified atom stereocenters. The van der Waals surface area contributed by atoms with Crippen LogP contribution in [-0.4, -0.2) is 63.8 Å². The fourth-order valence-electron chi connectivity index (χ4n) is 5.07. The smallest absolute Gasteiger partial charge is 0.256 e. The van der Waals surface area contributed by atoms with E-state index in [1.807, 2.05) is 12.3 Å². The summed E-state index contributed by atoms with van der Waals surface area (Å²) in [6, 6.07) is 8.99. The van der Waals surface area contributed by atoms with Gasteiger partial charge in [0, 0.05) is 62.7 Å². The van der Waals surface area contributed by atoms with E-state index in [0.29, 0.717) is 35.5 Å². The zero-order chi connectivity index (χ0) is 27.0. The first-order valence-corrected chi connectivity index (χ1v) is 16.9. The van der Waals surface area contributed by atoms with Crippen LogP contribution >= 0.6 is 0 Å². The van der Waals surface area contributed by atoms with Gasteiger partial charge >= 0.3 is 0 Å². The monoisotopic (exact) mass is 532 g/mol. The number of carbonyl (C=O) groups excluding carboxylic acids is 2. The number of nitrogens with zero attached hydrogens (tertiary/aromatic N) is 5. The minimum Gasteiger partial charge on any atom is -0.361 e. The van der Waals surface area contributed by atoms with Gasteiger partial charge in [0.25, 0.3) is 5.91 Å². The number of imidazole rings is 1. The van der Waals surface area contributed by atoms with E-state index < -0.39 is 8.07 Å². The molecule has 10 heteroatoms. The third kappa shape index (κ3) is 5.43. The van der Waals surface area contributed by atoms with Crippen LogP contribution in [-0.2, 0) is 11.5 Å². The van der Waals surface area contributed by atoms with E-state index >= 15 is 0 Å². The summed E-state index contributed by atoms with van der Waals surface area (Å²) in [4.78, 5) is 36.0. The molecular weight excluding hydrogens is 496 g/mol. The summed E-state index contributed by atoms with van der Waals surface area (Å²) >= 11 is 0. The summed E-state index contributed by atoms with van der Waals surface area (Å²) in [6.45, 7) is 10.8. The average Bonchev–Trinajstić information content (AvgIpc) is 3.57. The standard InChI is InChI=1S/C28H36N6O3Si/c1-19(35)27-30-17-22-13-20(8-10-33(22)27)28(36)31-26-15-24-21(16-29-26)14-25(23-7-6-9-32(23)2)34(24)18-37-11-12-38(3,4)5/h8,10,13-17,23H,6-7,9,11-12,18H2,1-5H3,(H,29,31,36)/t23-/m1/s1. The second-order valence-corrected chi connectivity index (χ2v) is 17.0. The molecule has 1 atom stereocenters. The van der Waals surface area contributed by atoms with Crippen LogP contribution in [0.3, 0.4) is 0 Å². The van der Waals surface area contributed by atoms with E-state index in [0.717, 1.165) is 36.5 Å². The molecule has 5 rings (SSSR count). The predicted octanol–water partition coefficient (Wildman–Crippen LogP) is 5.22. The number of ether oxygens (including phenoxy) is 1. The van der Waals surface area contributed by atoms with Crippen molar-refractivity contribution in [3.05, 3.63) is 59.9 Å². The van der Waals surface area contributed by atoms with Crippen LogP contribution in [0.4, 0.5) is 5.82 Å². The number of aromatic nitrogens is 4. The number of anilines is 1. The molecule has 1 saturated heterocycles. The molecule has 4 aromatic rings. The van der Waals surface area contributed by atoms with Gasteiger partial charge in [0.05, 0.1) is 17.2 Å². The van der Waals surface area contributed by atoms with E-state index in [-0.39, 0.29) is 11.7 Å². The summed E-state index contributed by atoms with van der Waals surface area (Å²) in [5.74, 6) is 0.421. The Kier molecular flexibility index (Phi) is 7.21. The first kappa shape index (κ1) is 26.3. The van der Waals surface area contributed by atoms with Gasteiger partial charge < -0.3 is 14.6 Å². The third-order valence-corrected chi connectivity index (χ3v) is 8.95. The highest BCUT2D eigenvalue weighted by atomic mass is 28.3. The molecular formula is C28H36N6O3Si. The maximum absolute atomic E-state index is 13.1. The number of hydrogen-bond donors (Lipinski definition) is 1. The molecule has 38 heavy (non-hydrogen) atoms. The summed E-state index contributed by atoms with van der Waals surface area (Å²) < 4.78 is 10.1. The Morgan fingerprint density at radius 2 is 1.97 bits per heavy atom. The van der Waals surface area contributed by atoms with Crippen molar-refractivity contribution >= 4 is 42.0 Å². The Morgan fingerprint density at radius 1 is 1.16 bits per heavy atom. The zero-order valence-electron chi connectivity index (χ0n) is 22.8. The quantitative estimate of drug-likeness (QED) is 0.181. The Balaban J connectivity index is 1.41. The number of ketones is 1. The van der Waals surface area contributed by atoms with Crippen molar-refractivity contribution in [1.82, 2.24) is 23.8 Å². The maximum atomic E-state index is 13.1. The lowest BCUT2D eigenvalue weighted by atomic mass is 10.1. The van der Waals surface area contributed by atoms with Gasteiger partial charge in [0.1, 0.15) is 12.5 Å². The fourth-order valence-corrected chi connectivity index (χ4v) is 5.83. The Morgan fingerprint density at radius 3 is 2.68 bits per heavy atom. The topological polar surface area (TPSA) is 93.8 Å². The van der Waals surface area contributed by atoms with Gasteiger partial charge in [-0.1, -0.05) is 19.6 Å². The average molecular weight is 533 g/mol. The van der Waals surface area contributed by atoms with Crippen LogP contribution in [0.25, 0.3) is 16.4 Å². The highest BCUT2D eigenvalue weighted by Gasteiger charge is 2.27. The van der Waals surface area contributed by atoms with Gasteiger partial charge in [0.15, 0.2) is 11.6 Å². The molecule has 4 aromatic heterocycles. The molecule has 0 bridgehead atoms. The Labute approximate surface area is 223 Å². The van der Waals surface area contributed by atoms with Gasteiger partial charge in [-0.15, -0.1) is 0 Å². The van der Waals surface area contributed by atoms with Crippen molar-refractivity contribution in [1.29, 1.82) is 0 Å². The van der Waals surface area contributed by atoms with Gasteiger partial charge in [-0.05, 0) is 50.7 Å². The molecule has 0 radical (unpaired) electrons. The molecule has 1 aliphatic heterocycles. The van der Waals surface area contributed by atoms with Crippen LogP contribution < -0.4 is 5.32 Å². The highest BCUT2D eigenvalue weighted by Crippen LogP contribution is 2.34. The number of amides is 1. The molecule has 1 aliphatic rings. The molecule has 1 N–H and O–H groups in total. The number of carbonyl (C=O) groups is 2. The van der Waals surface area contributed by atoms with E-state index in [9.17, 15) is 9.59 Å². The SMILES string of the molecule is CC(=O)c1ncc2cc(C(=O)Nc3cc4c(cn3)cc([C@H]3CCCN3C)n4COCC[Si](C)(C)C)ccn12. The lowest BCUT2D eigenvalue weighted by molar-refractivity contribution is 0.0857. The number of nitrogens with one attached hydrogen (secondary N) is 1. The molecule has 0 saturated carbocycles. The predicted molar refractivity (Wildman–Crippen MR) is 152 cm³/mol. The van der Waals surface area contributed by atoms with Gasteiger partial charge in [-0.2, -0.15) is 0 Å². The maximum Gasteiger partial charge on any atom is 0.256 e. The Bertz CT molecular complexity index is 1500. The van der Waals surface area contributed by atoms with Crippen LogP contribution in [0.2, 0.25) is 25.7 Å². The molecule has 200 valence electrons. The highest BCUT2D eigenvalue weighted by molar-refractivity contribution is 6.76. The van der Waals surface area contributed by atoms with Crippen molar-refractivity contribution in [2.45, 2.75) is 58.2 Å². The van der Waals surface area contributed by atoms with Gasteiger partial charge in [0.2, 0.25) is 0 Å². The van der Waals surface area contributed by atoms with Gasteiger partial charge in [-0.3, -0.25) is 18.9 Å². The fraction of sp³-hybridized carbons (Fsp3) is 0.429. The Hall–Kier alpha value is -3.34. The van der Waals surface area contributed by atoms with Crippen LogP contribution in [0.5, 0.6) is 0 Å². The minimum absolute atomic E-state index is 0.129. The molecule has 1 fully saturated rings. The third-order valence-electron chi connectivity index (χ3n) is 7.25. The summed E-state index contributed by atoms with van der Waals surface area (Å²) in [5, 5.41) is 3.97. The molecule has 0 aliphatic carbocycles. The normalized spacial score (nSPS) is 16.5. The number of pyridine rings is 2. The van der Waals surface area contributed by atoms with Crippen LogP contribution in [0.15, 0.2) is 42.9 Å². The van der Waals surface area contributed by atoms with Crippen molar-refractivity contribution in [3.8, 4) is 0 Å². The van der Waals surface area contributed by atoms with Crippen LogP contribution in [0, 0.1) is 0 Å². The van der Waals surface area contributed by atoms with Crippen molar-refractivity contribution in [3.63, 3.8) is 0 Å². The lowest BCUT2D eigenvalue weighted by Gasteiger charge is -2.22. The summed E-state index contributed by atoms with van der Waals surface area (Å²) in [7, 11) is 0.987. The van der Waals surface area contributed by atoms with E-state index in [2.05, 4.69) is 57.5 Å². The molecule has 0 spiro atoms. The number of Topliss-reactive ketones (excluding diaryl/α,β-unsaturated/α-hetero) is 1. The van der Waals surface area contributed by atoms with Gasteiger partial charge in [-0.25, -0.2) is 9.97 Å². The first-order chi connectivity index (χ1) is 18.1. The summed E-state index contributed by atoms with van der Waals surface area (Å²) in [5.41, 5.74) is 3.37. The number of fused-ring (bicyclic) bond motifs is 2. The first-order valence-electron chi connectivity index (χ1n) is 13.2. The number of hydrogen-bond acceptors (Lipinski definition) is 6.